The minimum atomic E-state index is 0.585. The van der Waals surface area contributed by atoms with Crippen molar-refractivity contribution in [2.24, 2.45) is 0 Å². The van der Waals surface area contributed by atoms with Gasteiger partial charge in [0.25, 0.3) is 0 Å². The molecule has 2 N–H and O–H groups in total. The summed E-state index contributed by atoms with van der Waals surface area (Å²) in [7, 11) is 0. The molecule has 1 aliphatic heterocycles. The second kappa shape index (κ2) is 3.97. The van der Waals surface area contributed by atoms with Gasteiger partial charge >= 0.3 is 0 Å². The van der Waals surface area contributed by atoms with Crippen LogP contribution >= 0.6 is 11.8 Å². The Labute approximate surface area is 98.2 Å². The highest BCUT2D eigenvalue weighted by Crippen LogP contribution is 2.30. The van der Waals surface area contributed by atoms with Gasteiger partial charge < -0.3 is 5.73 Å². The summed E-state index contributed by atoms with van der Waals surface area (Å²) in [5.74, 6) is 3.05. The molecule has 1 aliphatic rings. The minimum absolute atomic E-state index is 0.585. The number of nitrogens with zero attached hydrogens (tertiary/aromatic N) is 3. The number of fused-ring (bicyclic) bond motifs is 1. The maximum Gasteiger partial charge on any atom is 0.155 e. The van der Waals surface area contributed by atoms with E-state index in [1.165, 1.54) is 24.3 Å². The molecule has 0 spiro atoms. The van der Waals surface area contributed by atoms with Crippen LogP contribution < -0.4 is 5.73 Å². The van der Waals surface area contributed by atoms with Crippen LogP contribution in [0.5, 0.6) is 0 Å². The highest BCUT2D eigenvalue weighted by atomic mass is 32.2. The molecule has 3 heterocycles. The summed E-state index contributed by atoms with van der Waals surface area (Å²) in [5.41, 5.74) is 8.38. The summed E-state index contributed by atoms with van der Waals surface area (Å²) < 4.78 is 1.78. The van der Waals surface area contributed by atoms with Gasteiger partial charge in [0.2, 0.25) is 0 Å². The van der Waals surface area contributed by atoms with Gasteiger partial charge in [-0.3, -0.25) is 0 Å². The lowest BCUT2D eigenvalue weighted by Crippen LogP contribution is -2.09. The Balaban J connectivity index is 1.97. The largest absolute Gasteiger partial charge is 0.396 e. The van der Waals surface area contributed by atoms with Crippen molar-refractivity contribution in [2.75, 3.05) is 17.2 Å². The predicted molar refractivity (Wildman–Crippen MR) is 66.7 cm³/mol. The zero-order chi connectivity index (χ0) is 11.0. The second-order valence-corrected chi connectivity index (χ2v) is 5.32. The first-order chi connectivity index (χ1) is 7.83. The van der Waals surface area contributed by atoms with Crippen molar-refractivity contribution in [3.8, 4) is 0 Å². The van der Waals surface area contributed by atoms with E-state index in [1.807, 2.05) is 18.0 Å². The molecule has 0 saturated carbocycles. The highest BCUT2D eigenvalue weighted by molar-refractivity contribution is 7.99. The number of nitrogen functional groups attached to an aromatic ring is 1. The van der Waals surface area contributed by atoms with Crippen LogP contribution in [-0.4, -0.2) is 26.1 Å². The third kappa shape index (κ3) is 1.75. The molecule has 2 aromatic rings. The quantitative estimate of drug-likeness (QED) is 0.819. The Bertz CT molecular complexity index is 502. The lowest BCUT2D eigenvalue weighted by atomic mass is 10.0. The molecule has 84 valence electrons. The first-order valence-corrected chi connectivity index (χ1v) is 6.67. The zero-order valence-corrected chi connectivity index (χ0v) is 9.78. The third-order valence-corrected chi connectivity index (χ3v) is 4.15. The molecule has 0 aromatic carbocycles. The van der Waals surface area contributed by atoms with Crippen LogP contribution in [0.4, 0.5) is 5.69 Å². The SMILES string of the molecule is Nc1cnc2cc(C3CCCSC3)nn2c1. The Morgan fingerprint density at radius 3 is 3.25 bits per heavy atom. The normalized spacial score (nSPS) is 21.4. The highest BCUT2D eigenvalue weighted by Gasteiger charge is 2.18. The van der Waals surface area contributed by atoms with E-state index in [-0.39, 0.29) is 0 Å². The smallest absolute Gasteiger partial charge is 0.155 e. The monoisotopic (exact) mass is 234 g/mol. The first-order valence-electron chi connectivity index (χ1n) is 5.51. The van der Waals surface area contributed by atoms with Crippen LogP contribution in [0, 0.1) is 0 Å². The van der Waals surface area contributed by atoms with Gasteiger partial charge in [0.05, 0.1) is 23.8 Å². The second-order valence-electron chi connectivity index (χ2n) is 4.17. The Morgan fingerprint density at radius 2 is 2.44 bits per heavy atom. The van der Waals surface area contributed by atoms with Crippen molar-refractivity contribution in [1.29, 1.82) is 0 Å². The van der Waals surface area contributed by atoms with Crippen molar-refractivity contribution in [3.63, 3.8) is 0 Å². The van der Waals surface area contributed by atoms with Crippen molar-refractivity contribution < 1.29 is 0 Å². The van der Waals surface area contributed by atoms with Crippen LogP contribution in [0.2, 0.25) is 0 Å². The van der Waals surface area contributed by atoms with E-state index < -0.39 is 0 Å². The van der Waals surface area contributed by atoms with Crippen molar-refractivity contribution >= 4 is 23.1 Å². The van der Waals surface area contributed by atoms with E-state index in [9.17, 15) is 0 Å². The maximum atomic E-state index is 5.68. The Morgan fingerprint density at radius 1 is 1.50 bits per heavy atom. The summed E-state index contributed by atoms with van der Waals surface area (Å²) in [4.78, 5) is 4.26. The van der Waals surface area contributed by atoms with E-state index in [2.05, 4.69) is 16.1 Å². The van der Waals surface area contributed by atoms with Crippen LogP contribution in [0.3, 0.4) is 0 Å². The Hall–Kier alpha value is -1.23. The van der Waals surface area contributed by atoms with Gasteiger partial charge in [-0.2, -0.15) is 16.9 Å². The molecule has 0 amide bonds. The van der Waals surface area contributed by atoms with E-state index in [4.69, 9.17) is 5.73 Å². The van der Waals surface area contributed by atoms with Gasteiger partial charge in [-0.25, -0.2) is 9.50 Å². The number of nitrogens with two attached hydrogens (primary N) is 1. The van der Waals surface area contributed by atoms with Crippen LogP contribution in [0.1, 0.15) is 24.5 Å². The number of anilines is 1. The average molecular weight is 234 g/mol. The van der Waals surface area contributed by atoms with Gasteiger partial charge in [0, 0.05) is 17.7 Å². The summed E-state index contributed by atoms with van der Waals surface area (Å²) >= 11 is 2.02. The number of aromatic nitrogens is 3. The molecule has 1 atom stereocenters. The molecule has 4 nitrogen and oxygen atoms in total. The fourth-order valence-electron chi connectivity index (χ4n) is 2.08. The molecular formula is C11H14N4S. The third-order valence-electron chi connectivity index (χ3n) is 2.93. The van der Waals surface area contributed by atoms with E-state index in [1.54, 1.807) is 10.7 Å². The summed E-state index contributed by atoms with van der Waals surface area (Å²) in [6, 6.07) is 2.08. The summed E-state index contributed by atoms with van der Waals surface area (Å²) in [6.45, 7) is 0. The summed E-state index contributed by atoms with van der Waals surface area (Å²) in [5, 5.41) is 4.56. The van der Waals surface area contributed by atoms with Crippen LogP contribution in [-0.2, 0) is 0 Å². The molecule has 2 aromatic heterocycles. The minimum Gasteiger partial charge on any atom is -0.396 e. The molecule has 1 saturated heterocycles. The van der Waals surface area contributed by atoms with Gasteiger partial charge in [0.15, 0.2) is 5.65 Å². The molecular weight excluding hydrogens is 220 g/mol. The van der Waals surface area contributed by atoms with E-state index in [0.29, 0.717) is 11.6 Å². The van der Waals surface area contributed by atoms with Crippen LogP contribution in [0.25, 0.3) is 5.65 Å². The van der Waals surface area contributed by atoms with Gasteiger partial charge in [0.1, 0.15) is 0 Å². The average Bonchev–Trinajstić information content (AvgIpc) is 2.73. The molecule has 0 aliphatic carbocycles. The van der Waals surface area contributed by atoms with Crippen molar-refractivity contribution in [1.82, 2.24) is 14.6 Å². The lowest BCUT2D eigenvalue weighted by molar-refractivity contribution is 0.636. The molecule has 3 rings (SSSR count). The standard InChI is InChI=1S/C11H14N4S/c12-9-5-13-11-4-10(14-15(11)6-9)8-2-1-3-16-7-8/h4-6,8H,1-3,7,12H2. The Kier molecular flexibility index (Phi) is 2.47. The van der Waals surface area contributed by atoms with Gasteiger partial charge in [-0.05, 0) is 18.6 Å². The van der Waals surface area contributed by atoms with E-state index in [0.717, 1.165) is 11.3 Å². The fraction of sp³-hybridized carbons (Fsp3) is 0.455. The first kappa shape index (κ1) is 9.96. The molecule has 5 heteroatoms. The number of thioether (sulfide) groups is 1. The lowest BCUT2D eigenvalue weighted by Gasteiger charge is -2.18. The van der Waals surface area contributed by atoms with Crippen molar-refractivity contribution in [2.45, 2.75) is 18.8 Å². The van der Waals surface area contributed by atoms with Crippen LogP contribution in [0.15, 0.2) is 18.5 Å². The molecule has 0 bridgehead atoms. The predicted octanol–water partition coefficient (Wildman–Crippen LogP) is 1.92. The number of rotatable bonds is 1. The molecule has 1 unspecified atom stereocenters. The van der Waals surface area contributed by atoms with Gasteiger partial charge in [-0.15, -0.1) is 0 Å². The number of hydrogen-bond donors (Lipinski definition) is 1. The fourth-order valence-corrected chi connectivity index (χ4v) is 3.24. The topological polar surface area (TPSA) is 56.2 Å². The maximum absolute atomic E-state index is 5.68. The number of hydrogen-bond acceptors (Lipinski definition) is 4. The molecule has 0 radical (unpaired) electrons. The molecule has 16 heavy (non-hydrogen) atoms. The summed E-state index contributed by atoms with van der Waals surface area (Å²) in [6.07, 6.45) is 6.03. The molecule has 1 fully saturated rings. The van der Waals surface area contributed by atoms with Crippen molar-refractivity contribution in [3.05, 3.63) is 24.2 Å². The zero-order valence-electron chi connectivity index (χ0n) is 8.97. The van der Waals surface area contributed by atoms with E-state index >= 15 is 0 Å². The van der Waals surface area contributed by atoms with Gasteiger partial charge in [-0.1, -0.05) is 0 Å².